The summed E-state index contributed by atoms with van der Waals surface area (Å²) in [4.78, 5) is 0.129. The van der Waals surface area contributed by atoms with Crippen LogP contribution in [0.3, 0.4) is 0 Å². The molecule has 0 radical (unpaired) electrons. The average Bonchev–Trinajstić information content (AvgIpc) is 2.39. The lowest BCUT2D eigenvalue weighted by atomic mass is 10.3. The van der Waals surface area contributed by atoms with Gasteiger partial charge in [-0.25, -0.2) is 8.42 Å². The van der Waals surface area contributed by atoms with Crippen LogP contribution >= 0.6 is 11.6 Å². The predicted molar refractivity (Wildman–Crippen MR) is 68.8 cm³/mol. The van der Waals surface area contributed by atoms with E-state index >= 15 is 0 Å². The molecule has 0 aromatic heterocycles. The molecule has 0 atom stereocenters. The van der Waals surface area contributed by atoms with Crippen LogP contribution in [0.15, 0.2) is 58.3 Å². The molecule has 4 nitrogen and oxygen atoms in total. The van der Waals surface area contributed by atoms with Gasteiger partial charge in [0.25, 0.3) is 0 Å². The molecule has 18 heavy (non-hydrogen) atoms. The Morgan fingerprint density at radius 2 is 1.72 bits per heavy atom. The average molecular weight is 284 g/mol. The van der Waals surface area contributed by atoms with E-state index < -0.39 is 9.84 Å². The molecule has 2 N–H and O–H groups in total. The topological polar surface area (TPSA) is 66.4 Å². The van der Waals surface area contributed by atoms with Crippen LogP contribution in [0.2, 0.25) is 5.02 Å². The van der Waals surface area contributed by atoms with E-state index in [0.29, 0.717) is 5.02 Å². The fourth-order valence-corrected chi connectivity index (χ4v) is 3.13. The minimum absolute atomic E-state index is 0.0272. The van der Waals surface area contributed by atoms with Crippen LogP contribution in [0.25, 0.3) is 0 Å². The van der Waals surface area contributed by atoms with Crippen molar-refractivity contribution in [2.45, 2.75) is 9.79 Å². The first-order chi connectivity index (χ1) is 8.55. The van der Waals surface area contributed by atoms with Gasteiger partial charge in [-0.1, -0.05) is 29.8 Å². The molecule has 6 heteroatoms. The molecule has 2 aromatic carbocycles. The molecule has 94 valence electrons. The van der Waals surface area contributed by atoms with Crippen molar-refractivity contribution in [1.82, 2.24) is 0 Å². The van der Waals surface area contributed by atoms with Gasteiger partial charge >= 0.3 is 0 Å². The first kappa shape index (κ1) is 12.9. The van der Waals surface area contributed by atoms with Gasteiger partial charge in [-0.2, -0.15) is 0 Å². The van der Waals surface area contributed by atoms with E-state index in [1.807, 2.05) is 5.48 Å². The number of benzene rings is 2. The number of anilines is 1. The predicted octanol–water partition coefficient (Wildman–Crippen LogP) is 2.97. The summed E-state index contributed by atoms with van der Waals surface area (Å²) in [6.07, 6.45) is 0. The molecule has 0 aliphatic rings. The van der Waals surface area contributed by atoms with Crippen LogP contribution < -0.4 is 5.48 Å². The van der Waals surface area contributed by atoms with E-state index in [-0.39, 0.29) is 15.5 Å². The number of hydrogen-bond acceptors (Lipinski definition) is 4. The zero-order valence-corrected chi connectivity index (χ0v) is 10.7. The second-order valence-corrected chi connectivity index (χ2v) is 5.92. The molecule has 0 saturated heterocycles. The number of halogens is 1. The van der Waals surface area contributed by atoms with Gasteiger partial charge < -0.3 is 0 Å². The highest BCUT2D eigenvalue weighted by Gasteiger charge is 2.21. The molecule has 0 saturated carbocycles. The Bertz CT molecular complexity index is 656. The largest absolute Gasteiger partial charge is 0.291 e. The highest BCUT2D eigenvalue weighted by atomic mass is 35.5. The Morgan fingerprint density at radius 3 is 2.33 bits per heavy atom. The smallest absolute Gasteiger partial charge is 0.208 e. The normalized spacial score (nSPS) is 11.2. The highest BCUT2D eigenvalue weighted by molar-refractivity contribution is 7.91. The van der Waals surface area contributed by atoms with Gasteiger partial charge in [-0.05, 0) is 30.3 Å². The lowest BCUT2D eigenvalue weighted by Crippen LogP contribution is -2.05. The molecule has 0 spiro atoms. The molecular weight excluding hydrogens is 274 g/mol. The third-order valence-electron chi connectivity index (χ3n) is 2.41. The molecule has 0 aliphatic heterocycles. The van der Waals surface area contributed by atoms with Crippen molar-refractivity contribution >= 4 is 27.1 Å². The lowest BCUT2D eigenvalue weighted by molar-refractivity contribution is 0.387. The maximum absolute atomic E-state index is 12.3. The van der Waals surface area contributed by atoms with Crippen LogP contribution in [0.4, 0.5) is 5.69 Å². The van der Waals surface area contributed by atoms with Crippen LogP contribution in [-0.2, 0) is 9.84 Å². The Hall–Kier alpha value is -1.56. The molecule has 0 heterocycles. The summed E-state index contributed by atoms with van der Waals surface area (Å²) in [5.41, 5.74) is 1.90. The second-order valence-electron chi connectivity index (χ2n) is 3.57. The third-order valence-corrected chi connectivity index (χ3v) is 4.47. The summed E-state index contributed by atoms with van der Waals surface area (Å²) in [7, 11) is -3.68. The maximum Gasteiger partial charge on any atom is 0.208 e. The number of nitrogens with one attached hydrogen (secondary N) is 1. The minimum atomic E-state index is -3.68. The van der Waals surface area contributed by atoms with Gasteiger partial charge in [0, 0.05) is 5.02 Å². The molecule has 2 aromatic rings. The summed E-state index contributed by atoms with van der Waals surface area (Å²) in [5.74, 6) is 0. The van der Waals surface area contributed by atoms with Crippen molar-refractivity contribution in [3.05, 3.63) is 53.6 Å². The van der Waals surface area contributed by atoms with Crippen molar-refractivity contribution in [2.75, 3.05) is 5.48 Å². The molecule has 2 rings (SSSR count). The maximum atomic E-state index is 12.3. The van der Waals surface area contributed by atoms with Crippen LogP contribution in [0.1, 0.15) is 0 Å². The zero-order chi connectivity index (χ0) is 13.2. The number of hydrogen-bond donors (Lipinski definition) is 2. The molecule has 0 bridgehead atoms. The van der Waals surface area contributed by atoms with Gasteiger partial charge in [0.2, 0.25) is 9.84 Å². The van der Waals surface area contributed by atoms with Crippen molar-refractivity contribution in [3.8, 4) is 0 Å². The van der Waals surface area contributed by atoms with Gasteiger partial charge in [-0.3, -0.25) is 10.7 Å². The van der Waals surface area contributed by atoms with Crippen molar-refractivity contribution in [3.63, 3.8) is 0 Å². The quantitative estimate of drug-likeness (QED) is 0.850. The lowest BCUT2D eigenvalue weighted by Gasteiger charge is -2.09. The molecule has 0 unspecified atom stereocenters. The van der Waals surface area contributed by atoms with Crippen molar-refractivity contribution in [2.24, 2.45) is 0 Å². The second kappa shape index (κ2) is 4.97. The van der Waals surface area contributed by atoms with Crippen molar-refractivity contribution < 1.29 is 13.6 Å². The van der Waals surface area contributed by atoms with Gasteiger partial charge in [-0.15, -0.1) is 0 Å². The standard InChI is InChI=1S/C12H10ClNO3S/c13-9-6-7-12(11(8-9)14-15)18(16,17)10-4-2-1-3-5-10/h1-8,14-15H. The Labute approximate surface area is 110 Å². The molecule has 0 amide bonds. The summed E-state index contributed by atoms with van der Waals surface area (Å²) in [6.45, 7) is 0. The Kier molecular flexibility index (Phi) is 3.56. The van der Waals surface area contributed by atoms with Gasteiger partial charge in [0.1, 0.15) is 0 Å². The van der Waals surface area contributed by atoms with E-state index in [4.69, 9.17) is 16.8 Å². The van der Waals surface area contributed by atoms with E-state index in [1.165, 1.54) is 30.3 Å². The number of rotatable bonds is 3. The Morgan fingerprint density at radius 1 is 1.06 bits per heavy atom. The number of sulfone groups is 1. The monoisotopic (exact) mass is 283 g/mol. The summed E-state index contributed by atoms with van der Waals surface area (Å²) in [5, 5.41) is 9.31. The zero-order valence-electron chi connectivity index (χ0n) is 9.17. The van der Waals surface area contributed by atoms with Crippen LogP contribution in [0, 0.1) is 0 Å². The SMILES string of the molecule is O=S(=O)(c1ccccc1)c1ccc(Cl)cc1NO. The fraction of sp³-hybridized carbons (Fsp3) is 0. The van der Waals surface area contributed by atoms with Gasteiger partial charge in [0.15, 0.2) is 0 Å². The fourth-order valence-electron chi connectivity index (χ4n) is 1.55. The molecular formula is C12H10ClNO3S. The minimum Gasteiger partial charge on any atom is -0.291 e. The van der Waals surface area contributed by atoms with Gasteiger partial charge in [0.05, 0.1) is 15.5 Å². The summed E-state index contributed by atoms with van der Waals surface area (Å²) < 4.78 is 24.7. The van der Waals surface area contributed by atoms with E-state index in [1.54, 1.807) is 18.2 Å². The van der Waals surface area contributed by atoms with Crippen LogP contribution in [0.5, 0.6) is 0 Å². The summed E-state index contributed by atoms with van der Waals surface area (Å²) >= 11 is 5.75. The van der Waals surface area contributed by atoms with E-state index in [0.717, 1.165) is 0 Å². The third kappa shape index (κ3) is 2.33. The molecule has 0 fully saturated rings. The van der Waals surface area contributed by atoms with E-state index in [9.17, 15) is 8.42 Å². The first-order valence-electron chi connectivity index (χ1n) is 5.05. The first-order valence-corrected chi connectivity index (χ1v) is 6.91. The van der Waals surface area contributed by atoms with Crippen molar-refractivity contribution in [1.29, 1.82) is 0 Å². The van der Waals surface area contributed by atoms with E-state index in [2.05, 4.69) is 0 Å². The van der Waals surface area contributed by atoms with Crippen LogP contribution in [-0.4, -0.2) is 13.6 Å². The highest BCUT2D eigenvalue weighted by Crippen LogP contribution is 2.29. The molecule has 0 aliphatic carbocycles. The summed E-state index contributed by atoms with van der Waals surface area (Å²) in [6, 6.07) is 12.1. The Balaban J connectivity index is 2.62.